The molecule has 8 aromatic rings. The van der Waals surface area contributed by atoms with Crippen LogP contribution in [-0.4, -0.2) is 215 Å². The standard InChI is InChI=1S/C26H35NO4.C19H26O4.C18H24O5.2C16H22O4.C10H11BrO2.C7H5NO.C6H12O2.C2H6/c1-20-8-5-12-22(25(20)26(28)29)19-31-24-14-6-13-23(18-24)30-17-16-27-15-7-11-21-9-3-2-4-10-21;1-4-11-22-16-9-6-10-17(12-16)23-13-15-8-5-7-14(2)18(15)19(20)21-3;1-13-5-3-6-14(17(13)18(20)21-2)12-23-16-8-4-7-15(11-16)22-10-9-19;2*1-11-5-3-6-12(15(11)16(18)19-2)10-20-14-8-4-7-13(17)9-14;1-7-4-3-5-8(6-11)9(7)10(12)13-2;9-6-8-7-4-2-1-3-5-7;7-5-2-1-3-6(8)4-5;1-2/h2-5,8-10,12,23-24,27H,6-7,11,13-19H2,1H3,(H,28,29);4-5,7-8,16-17H,1,6,9-13H2,2-3H3;3,5-6,9,15-16H,4,7-8,10-12H2,1-2H3;2*3,5-6,13-14,17H,4,7-10H2,1-2H3;3-5H,6H2,1-2H3;1-5H;5-8H,1-4H2;1-2H3/t23-,24+;16-,17+;15-,16+;13-,14+;;;;;/m0000...../s1. The van der Waals surface area contributed by atoms with Crippen LogP contribution in [0, 0.1) is 41.5 Å². The summed E-state index contributed by atoms with van der Waals surface area (Å²) in [5.41, 5.74) is 15.9. The van der Waals surface area contributed by atoms with Crippen LogP contribution in [0.25, 0.3) is 0 Å². The summed E-state index contributed by atoms with van der Waals surface area (Å²) < 4.78 is 71.3. The highest BCUT2D eigenvalue weighted by atomic mass is 79.9. The van der Waals surface area contributed by atoms with Gasteiger partial charge in [0.1, 0.15) is 12.9 Å². The maximum atomic E-state index is 12.0. The molecule has 6 N–H and O–H groups in total. The second-order valence-corrected chi connectivity index (χ2v) is 38.1. The van der Waals surface area contributed by atoms with E-state index in [1.165, 1.54) is 47.2 Å². The van der Waals surface area contributed by atoms with E-state index in [4.69, 9.17) is 71.8 Å². The third kappa shape index (κ3) is 47.0. The lowest BCUT2D eigenvalue weighted by Crippen LogP contribution is -2.31. The lowest BCUT2D eigenvalue weighted by molar-refractivity contribution is -0.116. The molecule has 0 heterocycles. The fourth-order valence-electron chi connectivity index (χ4n) is 18.7. The van der Waals surface area contributed by atoms with Crippen LogP contribution in [0.1, 0.15) is 309 Å². The monoisotopic (exact) mass is 2130 g/mol. The number of nitrogens with zero attached hydrogens (tertiary/aromatic N) is 1. The third-order valence-corrected chi connectivity index (χ3v) is 27.1. The van der Waals surface area contributed by atoms with Crippen molar-refractivity contribution in [3.63, 3.8) is 0 Å². The Kier molecular flexibility index (Phi) is 62.7. The number of carboxylic acid groups (broad SMARTS) is 1. The number of methoxy groups -OCH3 is 5. The van der Waals surface area contributed by atoms with Gasteiger partial charge in [-0.1, -0.05) is 194 Å². The molecule has 0 aromatic heterocycles. The molecule has 0 amide bonds. The summed E-state index contributed by atoms with van der Waals surface area (Å²) in [6, 6.07) is 53.7. The Morgan fingerprint density at radius 2 is 0.644 bits per heavy atom. The Bertz CT molecular complexity index is 5110. The lowest BCUT2D eigenvalue weighted by atomic mass is 9.94. The van der Waals surface area contributed by atoms with Gasteiger partial charge in [-0.3, -0.25) is 0 Å². The number of nitrogens with one attached hydrogen (secondary N) is 1. The first-order chi connectivity index (χ1) is 72.1. The topological polar surface area (TPSA) is 382 Å². The van der Waals surface area contributed by atoms with Gasteiger partial charge in [0.25, 0.3) is 0 Å². The van der Waals surface area contributed by atoms with Crippen LogP contribution in [0.2, 0.25) is 0 Å². The van der Waals surface area contributed by atoms with Crippen molar-refractivity contribution in [2.45, 2.75) is 334 Å². The second-order valence-electron chi connectivity index (χ2n) is 37.6. The van der Waals surface area contributed by atoms with Gasteiger partial charge in [0, 0.05) is 11.9 Å². The third-order valence-electron chi connectivity index (χ3n) is 26.5. The number of aryl methyl sites for hydroxylation is 7. The van der Waals surface area contributed by atoms with Crippen LogP contribution in [0.5, 0.6) is 0 Å². The number of carbonyl (C=O) groups excluding carboxylic acids is 7. The molecular weight excluding hydrogens is 1970 g/mol. The predicted octanol–water partition coefficient (Wildman–Crippen LogP) is 22.2. The van der Waals surface area contributed by atoms with E-state index in [0.717, 1.165) is 234 Å². The van der Waals surface area contributed by atoms with Gasteiger partial charge in [0.05, 0.1) is 194 Å². The van der Waals surface area contributed by atoms with Crippen molar-refractivity contribution in [1.82, 2.24) is 5.32 Å². The highest BCUT2D eigenvalue weighted by Crippen LogP contribution is 2.33. The number of alkyl halides is 1. The normalized spacial score (nSPS) is 19.9. The summed E-state index contributed by atoms with van der Waals surface area (Å²) in [5, 5.41) is 50.7. The number of isocyanates is 1. The molecule has 6 fully saturated rings. The summed E-state index contributed by atoms with van der Waals surface area (Å²) in [7, 11) is 6.96. The highest BCUT2D eigenvalue weighted by molar-refractivity contribution is 9.08. The Hall–Kier alpha value is -10.7. The molecule has 0 spiro atoms. The second kappa shape index (κ2) is 73.5. The lowest BCUT2D eigenvalue weighted by Gasteiger charge is -2.29. The Balaban J connectivity index is 0.000000266. The summed E-state index contributed by atoms with van der Waals surface area (Å²) in [5.74, 6) is -2.46. The van der Waals surface area contributed by atoms with Crippen LogP contribution in [0.3, 0.4) is 0 Å². The molecule has 149 heavy (non-hydrogen) atoms. The summed E-state index contributed by atoms with van der Waals surface area (Å²) in [6.07, 6.45) is 28.5. The number of aliphatic hydroxyl groups is 4. The maximum Gasteiger partial charge on any atom is 0.338 e. The van der Waals surface area contributed by atoms with Gasteiger partial charge >= 0.3 is 35.8 Å². The molecule has 4 unspecified atom stereocenters. The van der Waals surface area contributed by atoms with Gasteiger partial charge in [-0.25, -0.2) is 33.6 Å². The number of aldehydes is 1. The Morgan fingerprint density at radius 1 is 0.362 bits per heavy atom. The van der Waals surface area contributed by atoms with E-state index >= 15 is 0 Å². The summed E-state index contributed by atoms with van der Waals surface area (Å²) in [6.45, 7) is 24.2. The van der Waals surface area contributed by atoms with Crippen molar-refractivity contribution < 1.29 is 125 Å². The number of carbonyl (C=O) groups is 7. The first-order valence-corrected chi connectivity index (χ1v) is 53.5. The largest absolute Gasteiger partial charge is 0.478 e. The zero-order valence-electron chi connectivity index (χ0n) is 89.8. The van der Waals surface area contributed by atoms with Gasteiger partial charge in [-0.05, 0) is 299 Å². The smallest absolute Gasteiger partial charge is 0.338 e. The van der Waals surface area contributed by atoms with E-state index in [1.54, 1.807) is 18.2 Å². The zero-order chi connectivity index (χ0) is 109. The van der Waals surface area contributed by atoms with E-state index < -0.39 is 5.97 Å². The van der Waals surface area contributed by atoms with Gasteiger partial charge in [-0.15, -0.1) is 6.58 Å². The molecule has 816 valence electrons. The fourth-order valence-corrected chi connectivity index (χ4v) is 19.2. The number of ether oxygens (including phenoxy) is 13. The predicted molar refractivity (Wildman–Crippen MR) is 580 cm³/mol. The minimum atomic E-state index is -0.891. The number of carboxylic acids is 1. The quantitative estimate of drug-likeness (QED) is 0.00308. The summed E-state index contributed by atoms with van der Waals surface area (Å²) in [4.78, 5) is 94.0. The van der Waals surface area contributed by atoms with Crippen molar-refractivity contribution in [1.29, 1.82) is 0 Å². The van der Waals surface area contributed by atoms with E-state index in [1.807, 2.05) is 183 Å². The number of hydrogen-bond donors (Lipinski definition) is 6. The molecule has 14 rings (SSSR count). The maximum absolute atomic E-state index is 12.0. The molecule has 28 nitrogen and oxygen atoms in total. The molecule has 0 aliphatic heterocycles. The van der Waals surface area contributed by atoms with Gasteiger partial charge in [0.2, 0.25) is 6.08 Å². The van der Waals surface area contributed by atoms with E-state index in [2.05, 4.69) is 63.1 Å². The van der Waals surface area contributed by atoms with Crippen LogP contribution in [0.15, 0.2) is 188 Å². The molecule has 29 heteroatoms. The molecule has 6 aliphatic rings. The van der Waals surface area contributed by atoms with E-state index in [9.17, 15) is 53.7 Å². The molecule has 12 atom stereocenters. The Morgan fingerprint density at radius 3 is 0.946 bits per heavy atom. The highest BCUT2D eigenvalue weighted by Gasteiger charge is 2.31. The minimum Gasteiger partial charge on any atom is -0.478 e. The van der Waals surface area contributed by atoms with Crippen molar-refractivity contribution in [2.75, 3.05) is 68.5 Å². The molecule has 8 aromatic carbocycles. The zero-order valence-corrected chi connectivity index (χ0v) is 91.3. The molecule has 6 saturated carbocycles. The number of aromatic carboxylic acids is 1. The van der Waals surface area contributed by atoms with Crippen molar-refractivity contribution in [3.8, 4) is 0 Å². The number of para-hydroxylation sites is 1. The van der Waals surface area contributed by atoms with Crippen molar-refractivity contribution >= 4 is 69.8 Å². The fraction of sp³-hybridized carbons (Fsp3) is 0.517. The molecule has 0 radical (unpaired) electrons. The van der Waals surface area contributed by atoms with Gasteiger partial charge in [-0.2, -0.15) is 4.99 Å². The number of aliphatic hydroxyl groups excluding tert-OH is 4. The number of aliphatic imine (C=N–C) groups is 1. The van der Waals surface area contributed by atoms with Crippen LogP contribution in [0.4, 0.5) is 5.69 Å². The number of rotatable bonds is 37. The number of esters is 5. The minimum absolute atomic E-state index is 0.0739. The number of benzene rings is 8. The molecular formula is C120H163BrN2O26. The number of halogens is 1. The average Bonchev–Trinajstić information content (AvgIpc) is 0.853. The first kappa shape index (κ1) is 127. The molecule has 6 aliphatic carbocycles. The first-order valence-electron chi connectivity index (χ1n) is 52.4. The van der Waals surface area contributed by atoms with Crippen molar-refractivity contribution in [2.24, 2.45) is 4.99 Å². The van der Waals surface area contributed by atoms with E-state index in [-0.39, 0.29) is 110 Å². The SMILES string of the molecule is C=CCO[C@H]1CCC[C@@H](OCc2cccc(C)c2C(=O)OC)C1.CC.COC(=O)c1c(C)cccc1CBr.COC(=O)c1c(C)cccc1COC1CCCC(O)C1.COC(=O)c1c(C)cccc1CO[C@@H]1CCC[C@H](O)C1.COC(=O)c1c(C)cccc1CO[C@@H]1CCC[C@H](OCC=O)C1.Cc1cccc(CO[C@@H]2CCC[C@H](OCCNCCCc3ccccc3)C2)c1C(=O)O.O=C=Nc1ccccc1.OC1CCCC(O)C1. The Labute approximate surface area is 890 Å². The van der Waals surface area contributed by atoms with Gasteiger partial charge in [0.15, 0.2) is 0 Å². The van der Waals surface area contributed by atoms with E-state index in [0.29, 0.717) is 110 Å². The van der Waals surface area contributed by atoms with Gasteiger partial charge < -0.3 is 97.2 Å². The van der Waals surface area contributed by atoms with Crippen LogP contribution < -0.4 is 5.32 Å². The summed E-state index contributed by atoms with van der Waals surface area (Å²) >= 11 is 3.33. The number of hydrogen-bond acceptors (Lipinski definition) is 27. The van der Waals surface area contributed by atoms with Crippen LogP contribution >= 0.6 is 15.9 Å². The average molecular weight is 2130 g/mol. The van der Waals surface area contributed by atoms with Crippen molar-refractivity contribution in [3.05, 3.63) is 288 Å². The van der Waals surface area contributed by atoms with Crippen LogP contribution in [-0.2, 0) is 116 Å². The molecule has 0 bridgehead atoms. The molecule has 0 saturated heterocycles.